The average molecular weight is 159 g/mol. The monoisotopic (exact) mass is 159 g/mol. The van der Waals surface area contributed by atoms with Gasteiger partial charge >= 0.3 is 0 Å². The second-order valence-electron chi connectivity index (χ2n) is 2.95. The first kappa shape index (κ1) is 10.9. The summed E-state index contributed by atoms with van der Waals surface area (Å²) in [6, 6.07) is 0. The Labute approximate surface area is 70.1 Å². The summed E-state index contributed by atoms with van der Waals surface area (Å²) in [6.45, 7) is 6.95. The summed E-state index contributed by atoms with van der Waals surface area (Å²) < 4.78 is 5.46. The van der Waals surface area contributed by atoms with Crippen LogP contribution in [0, 0.1) is 0 Å². The van der Waals surface area contributed by atoms with Gasteiger partial charge in [0.2, 0.25) is 0 Å². The zero-order chi connectivity index (χ0) is 8.74. The van der Waals surface area contributed by atoms with E-state index in [1.165, 1.54) is 6.42 Å². The lowest BCUT2D eigenvalue weighted by Crippen LogP contribution is -2.42. The van der Waals surface area contributed by atoms with Gasteiger partial charge in [0.25, 0.3) is 0 Å². The van der Waals surface area contributed by atoms with Crippen molar-refractivity contribution in [3.63, 3.8) is 0 Å². The molecular weight excluding hydrogens is 138 g/mol. The fourth-order valence-electron chi connectivity index (χ4n) is 1.11. The van der Waals surface area contributed by atoms with Crippen molar-refractivity contribution in [2.75, 3.05) is 6.61 Å². The molecule has 0 fully saturated rings. The first-order chi connectivity index (χ1) is 5.18. The minimum absolute atomic E-state index is 0.356. The van der Waals surface area contributed by atoms with E-state index in [1.807, 2.05) is 6.92 Å². The molecule has 0 saturated heterocycles. The van der Waals surface area contributed by atoms with Gasteiger partial charge in [-0.2, -0.15) is 0 Å². The first-order valence-electron chi connectivity index (χ1n) is 4.61. The third-order valence-electron chi connectivity index (χ3n) is 1.98. The van der Waals surface area contributed by atoms with Crippen LogP contribution in [0.5, 0.6) is 0 Å². The van der Waals surface area contributed by atoms with E-state index in [0.717, 1.165) is 19.3 Å². The first-order valence-corrected chi connectivity index (χ1v) is 4.61. The zero-order valence-electron chi connectivity index (χ0n) is 8.02. The second kappa shape index (κ2) is 5.56. The molecule has 0 aromatic rings. The van der Waals surface area contributed by atoms with E-state index in [4.69, 9.17) is 10.5 Å². The molecule has 0 aliphatic heterocycles. The Hall–Kier alpha value is -0.0800. The number of hydrogen-bond acceptors (Lipinski definition) is 2. The van der Waals surface area contributed by atoms with Crippen molar-refractivity contribution >= 4 is 0 Å². The molecule has 0 amide bonds. The summed E-state index contributed by atoms with van der Waals surface area (Å²) in [5.41, 5.74) is 5.62. The minimum Gasteiger partial charge on any atom is -0.361 e. The fourth-order valence-corrected chi connectivity index (χ4v) is 1.11. The van der Waals surface area contributed by atoms with Crippen LogP contribution in [0.2, 0.25) is 0 Å². The summed E-state index contributed by atoms with van der Waals surface area (Å²) in [7, 11) is 0. The highest BCUT2D eigenvalue weighted by atomic mass is 16.5. The summed E-state index contributed by atoms with van der Waals surface area (Å²) in [5, 5.41) is 0. The van der Waals surface area contributed by atoms with Gasteiger partial charge in [0.1, 0.15) is 5.72 Å². The average Bonchev–Trinajstić information content (AvgIpc) is 2.02. The summed E-state index contributed by atoms with van der Waals surface area (Å²) in [5.74, 6) is 0. The van der Waals surface area contributed by atoms with E-state index in [-0.39, 0.29) is 5.72 Å². The molecule has 1 atom stereocenters. The van der Waals surface area contributed by atoms with Crippen molar-refractivity contribution < 1.29 is 4.74 Å². The molecule has 2 heteroatoms. The van der Waals surface area contributed by atoms with Gasteiger partial charge in [-0.25, -0.2) is 0 Å². The summed E-state index contributed by atoms with van der Waals surface area (Å²) in [4.78, 5) is 0. The molecule has 0 radical (unpaired) electrons. The number of unbranched alkanes of at least 4 members (excludes halogenated alkanes) is 1. The van der Waals surface area contributed by atoms with Gasteiger partial charge in [0.15, 0.2) is 0 Å². The maximum Gasteiger partial charge on any atom is 0.116 e. The Morgan fingerprint density at radius 3 is 2.27 bits per heavy atom. The quantitative estimate of drug-likeness (QED) is 0.603. The molecule has 1 unspecified atom stereocenters. The largest absolute Gasteiger partial charge is 0.361 e. The van der Waals surface area contributed by atoms with E-state index >= 15 is 0 Å². The van der Waals surface area contributed by atoms with Gasteiger partial charge < -0.3 is 10.5 Å². The highest BCUT2D eigenvalue weighted by molar-refractivity contribution is 4.70. The van der Waals surface area contributed by atoms with Crippen molar-refractivity contribution in [2.24, 2.45) is 5.73 Å². The predicted molar refractivity (Wildman–Crippen MR) is 48.4 cm³/mol. The minimum atomic E-state index is -0.356. The summed E-state index contributed by atoms with van der Waals surface area (Å²) in [6.07, 6.45) is 4.23. The molecule has 11 heavy (non-hydrogen) atoms. The zero-order valence-corrected chi connectivity index (χ0v) is 8.02. The van der Waals surface area contributed by atoms with Crippen LogP contribution in [0.15, 0.2) is 0 Å². The summed E-state index contributed by atoms with van der Waals surface area (Å²) >= 11 is 0. The van der Waals surface area contributed by atoms with Gasteiger partial charge in [-0.1, -0.05) is 20.3 Å². The van der Waals surface area contributed by atoms with Gasteiger partial charge in [0, 0.05) is 6.61 Å². The molecule has 2 N–H and O–H groups in total. The SMILES string of the molecule is CCCCC(N)(CC)OCC. The Kier molecular flexibility index (Phi) is 5.51. The van der Waals surface area contributed by atoms with Crippen LogP contribution in [-0.2, 0) is 4.74 Å². The maximum atomic E-state index is 5.97. The lowest BCUT2D eigenvalue weighted by Gasteiger charge is -2.27. The highest BCUT2D eigenvalue weighted by Gasteiger charge is 2.21. The maximum absolute atomic E-state index is 5.97. The van der Waals surface area contributed by atoms with E-state index < -0.39 is 0 Å². The standard InChI is InChI=1S/C9H21NO/c1-4-7-8-9(10,5-2)11-6-3/h4-8,10H2,1-3H3. The Bertz CT molecular complexity index is 95.6. The fraction of sp³-hybridized carbons (Fsp3) is 1.00. The van der Waals surface area contributed by atoms with Gasteiger partial charge in [-0.3, -0.25) is 0 Å². The molecule has 0 aromatic heterocycles. The number of ether oxygens (including phenoxy) is 1. The van der Waals surface area contributed by atoms with Crippen LogP contribution in [0.25, 0.3) is 0 Å². The van der Waals surface area contributed by atoms with Crippen molar-refractivity contribution in [2.45, 2.75) is 52.2 Å². The van der Waals surface area contributed by atoms with Gasteiger partial charge in [-0.05, 0) is 26.2 Å². The lowest BCUT2D eigenvalue weighted by atomic mass is 10.0. The van der Waals surface area contributed by atoms with Gasteiger partial charge in [0.05, 0.1) is 0 Å². The molecule has 0 rings (SSSR count). The van der Waals surface area contributed by atoms with Crippen LogP contribution in [0.4, 0.5) is 0 Å². The molecule has 2 nitrogen and oxygen atoms in total. The van der Waals surface area contributed by atoms with Crippen molar-refractivity contribution in [3.8, 4) is 0 Å². The second-order valence-corrected chi connectivity index (χ2v) is 2.95. The third-order valence-corrected chi connectivity index (χ3v) is 1.98. The van der Waals surface area contributed by atoms with E-state index in [9.17, 15) is 0 Å². The van der Waals surface area contributed by atoms with Crippen LogP contribution < -0.4 is 5.73 Å². The molecule has 68 valence electrons. The molecule has 0 heterocycles. The number of rotatable bonds is 6. The normalized spacial score (nSPS) is 16.4. The Morgan fingerprint density at radius 1 is 1.27 bits per heavy atom. The predicted octanol–water partition coefficient (Wildman–Crippen LogP) is 2.28. The van der Waals surface area contributed by atoms with Crippen LogP contribution in [0.3, 0.4) is 0 Å². The van der Waals surface area contributed by atoms with Gasteiger partial charge in [-0.15, -0.1) is 0 Å². The molecule has 0 saturated carbocycles. The van der Waals surface area contributed by atoms with E-state index in [1.54, 1.807) is 0 Å². The molecule has 0 aliphatic carbocycles. The highest BCUT2D eigenvalue weighted by Crippen LogP contribution is 2.16. The number of nitrogens with two attached hydrogens (primary N) is 1. The molecule has 0 spiro atoms. The van der Waals surface area contributed by atoms with Crippen LogP contribution >= 0.6 is 0 Å². The van der Waals surface area contributed by atoms with Crippen molar-refractivity contribution in [1.82, 2.24) is 0 Å². The topological polar surface area (TPSA) is 35.2 Å². The van der Waals surface area contributed by atoms with Crippen LogP contribution in [0.1, 0.15) is 46.5 Å². The van der Waals surface area contributed by atoms with Crippen molar-refractivity contribution in [3.05, 3.63) is 0 Å². The molecular formula is C9H21NO. The van der Waals surface area contributed by atoms with Crippen LogP contribution in [-0.4, -0.2) is 12.3 Å². The molecule has 0 aliphatic rings. The smallest absolute Gasteiger partial charge is 0.116 e. The lowest BCUT2D eigenvalue weighted by molar-refractivity contribution is -0.0450. The molecule has 0 bridgehead atoms. The number of hydrogen-bond donors (Lipinski definition) is 1. The van der Waals surface area contributed by atoms with Crippen molar-refractivity contribution in [1.29, 1.82) is 0 Å². The Morgan fingerprint density at radius 2 is 1.91 bits per heavy atom. The van der Waals surface area contributed by atoms with E-state index in [0.29, 0.717) is 6.61 Å². The molecule has 0 aromatic carbocycles. The third kappa shape index (κ3) is 4.38. The van der Waals surface area contributed by atoms with E-state index in [2.05, 4.69) is 13.8 Å². The Balaban J connectivity index is 3.68.